The van der Waals surface area contributed by atoms with Crippen molar-refractivity contribution in [2.45, 2.75) is 10.1 Å². The van der Waals surface area contributed by atoms with Gasteiger partial charge in [0.2, 0.25) is 6.79 Å². The van der Waals surface area contributed by atoms with E-state index in [0.29, 0.717) is 11.5 Å². The van der Waals surface area contributed by atoms with E-state index in [1.807, 2.05) is 0 Å². The Morgan fingerprint density at radius 1 is 1.14 bits per heavy atom. The third-order valence-corrected chi connectivity index (χ3v) is 6.03. The topological polar surface area (TPSA) is 124 Å². The molecule has 1 aliphatic heterocycles. The van der Waals surface area contributed by atoms with Crippen molar-refractivity contribution in [2.24, 2.45) is 0 Å². The summed E-state index contributed by atoms with van der Waals surface area (Å²) >= 11 is 0. The highest BCUT2D eigenvalue weighted by Gasteiger charge is 2.33. The Bertz CT molecular complexity index is 983. The maximum absolute atomic E-state index is 13.2. The molecular formula is C18H18N2O7S. The van der Waals surface area contributed by atoms with Crippen LogP contribution in [0.5, 0.6) is 11.5 Å². The van der Waals surface area contributed by atoms with Gasteiger partial charge in [-0.05, 0) is 24.3 Å². The Kier molecular flexibility index (Phi) is 5.69. The summed E-state index contributed by atoms with van der Waals surface area (Å²) in [6.45, 7) is 3.20. The molecule has 1 aliphatic rings. The molecule has 10 heteroatoms. The van der Waals surface area contributed by atoms with Gasteiger partial charge in [-0.2, -0.15) is 0 Å². The Morgan fingerprint density at radius 3 is 2.61 bits per heavy atom. The standard InChI is InChI=1S/C18H18N2O7S/c1-2-7-19-17(21)18(22)20-10-16(14-4-3-8-25-14)28(23,24)12-5-6-13-15(9-12)27-11-26-13/h2-6,8-9,16H,1,7,10-11H2,(H,19,21)(H,20,22)/t16-/m1/s1. The molecule has 0 bridgehead atoms. The lowest BCUT2D eigenvalue weighted by Gasteiger charge is -2.17. The molecule has 0 saturated carbocycles. The van der Waals surface area contributed by atoms with Crippen molar-refractivity contribution < 1.29 is 31.9 Å². The molecule has 0 unspecified atom stereocenters. The van der Waals surface area contributed by atoms with Crippen LogP contribution in [-0.4, -0.2) is 40.1 Å². The first-order valence-electron chi connectivity index (χ1n) is 8.27. The number of hydrogen-bond donors (Lipinski definition) is 2. The Labute approximate surface area is 161 Å². The number of amides is 2. The van der Waals surface area contributed by atoms with Gasteiger partial charge in [-0.1, -0.05) is 6.08 Å². The predicted octanol–water partition coefficient (Wildman–Crippen LogP) is 0.942. The molecule has 2 amide bonds. The zero-order chi connectivity index (χ0) is 20.1. The van der Waals surface area contributed by atoms with Crippen molar-refractivity contribution in [1.82, 2.24) is 10.6 Å². The average molecular weight is 406 g/mol. The summed E-state index contributed by atoms with van der Waals surface area (Å²) in [7, 11) is -3.98. The van der Waals surface area contributed by atoms with Gasteiger partial charge in [0, 0.05) is 19.2 Å². The highest BCUT2D eigenvalue weighted by atomic mass is 32.2. The van der Waals surface area contributed by atoms with E-state index in [9.17, 15) is 18.0 Å². The van der Waals surface area contributed by atoms with Gasteiger partial charge in [0.1, 0.15) is 11.0 Å². The van der Waals surface area contributed by atoms with Crippen LogP contribution < -0.4 is 20.1 Å². The SMILES string of the molecule is C=CCNC(=O)C(=O)NC[C@H](c1ccco1)S(=O)(=O)c1ccc2c(c1)OCO2. The molecule has 148 valence electrons. The predicted molar refractivity (Wildman–Crippen MR) is 97.4 cm³/mol. The Hall–Kier alpha value is -3.27. The minimum Gasteiger partial charge on any atom is -0.468 e. The average Bonchev–Trinajstić information content (AvgIpc) is 3.36. The second kappa shape index (κ2) is 8.17. The van der Waals surface area contributed by atoms with E-state index in [-0.39, 0.29) is 30.5 Å². The monoisotopic (exact) mass is 406 g/mol. The number of carbonyl (C=O) groups is 2. The number of carbonyl (C=O) groups excluding carboxylic acids is 2. The highest BCUT2D eigenvalue weighted by Crippen LogP contribution is 2.37. The van der Waals surface area contributed by atoms with Crippen LogP contribution in [0.25, 0.3) is 0 Å². The van der Waals surface area contributed by atoms with Gasteiger partial charge in [-0.15, -0.1) is 6.58 Å². The molecule has 0 radical (unpaired) electrons. The molecule has 2 heterocycles. The van der Waals surface area contributed by atoms with Gasteiger partial charge >= 0.3 is 11.8 Å². The quantitative estimate of drug-likeness (QED) is 0.518. The molecule has 0 saturated heterocycles. The number of nitrogens with one attached hydrogen (secondary N) is 2. The maximum Gasteiger partial charge on any atom is 0.309 e. The van der Waals surface area contributed by atoms with Gasteiger partial charge in [0.25, 0.3) is 0 Å². The summed E-state index contributed by atoms with van der Waals surface area (Å²) < 4.78 is 42.0. The summed E-state index contributed by atoms with van der Waals surface area (Å²) in [5.74, 6) is -0.963. The number of benzene rings is 1. The third kappa shape index (κ3) is 4.01. The molecule has 3 rings (SSSR count). The van der Waals surface area contributed by atoms with Crippen LogP contribution in [0.1, 0.15) is 11.0 Å². The molecule has 1 aromatic heterocycles. The van der Waals surface area contributed by atoms with Crippen molar-refractivity contribution in [3.63, 3.8) is 0 Å². The maximum atomic E-state index is 13.2. The fourth-order valence-corrected chi connectivity index (χ4v) is 4.17. The summed E-state index contributed by atoms with van der Waals surface area (Å²) in [6, 6.07) is 7.26. The number of furan rings is 1. The summed E-state index contributed by atoms with van der Waals surface area (Å²) in [5.41, 5.74) is 0. The van der Waals surface area contributed by atoms with E-state index in [1.165, 1.54) is 42.7 Å². The summed E-state index contributed by atoms with van der Waals surface area (Å²) in [4.78, 5) is 23.6. The lowest BCUT2D eigenvalue weighted by atomic mass is 10.3. The van der Waals surface area contributed by atoms with Crippen molar-refractivity contribution >= 4 is 21.7 Å². The second-order valence-electron chi connectivity index (χ2n) is 5.77. The minimum absolute atomic E-state index is 0.0102. The fourth-order valence-electron chi connectivity index (χ4n) is 2.57. The van der Waals surface area contributed by atoms with Gasteiger partial charge < -0.3 is 24.5 Å². The first-order chi connectivity index (χ1) is 13.4. The minimum atomic E-state index is -3.98. The van der Waals surface area contributed by atoms with Crippen molar-refractivity contribution in [3.05, 3.63) is 55.0 Å². The van der Waals surface area contributed by atoms with Crippen LogP contribution in [0.4, 0.5) is 0 Å². The smallest absolute Gasteiger partial charge is 0.309 e. The van der Waals surface area contributed by atoms with E-state index in [4.69, 9.17) is 13.9 Å². The first-order valence-corrected chi connectivity index (χ1v) is 9.82. The molecule has 0 spiro atoms. The van der Waals surface area contributed by atoms with Crippen molar-refractivity contribution in [3.8, 4) is 11.5 Å². The number of fused-ring (bicyclic) bond motifs is 1. The van der Waals surface area contributed by atoms with Gasteiger partial charge in [-0.25, -0.2) is 8.42 Å². The largest absolute Gasteiger partial charge is 0.468 e. The normalized spacial score (nSPS) is 13.6. The van der Waals surface area contributed by atoms with E-state index < -0.39 is 26.9 Å². The fraction of sp³-hybridized carbons (Fsp3) is 0.222. The van der Waals surface area contributed by atoms with Gasteiger partial charge in [0.15, 0.2) is 21.3 Å². The number of sulfone groups is 1. The van der Waals surface area contributed by atoms with Crippen LogP contribution in [0.15, 0.2) is 58.6 Å². The van der Waals surface area contributed by atoms with Crippen molar-refractivity contribution in [2.75, 3.05) is 19.9 Å². The number of rotatable bonds is 7. The first kappa shape index (κ1) is 19.5. The van der Waals surface area contributed by atoms with Crippen LogP contribution in [0.3, 0.4) is 0 Å². The lowest BCUT2D eigenvalue weighted by molar-refractivity contribution is -0.139. The lowest BCUT2D eigenvalue weighted by Crippen LogP contribution is -2.42. The van der Waals surface area contributed by atoms with E-state index in [0.717, 1.165) is 0 Å². The molecule has 1 atom stereocenters. The zero-order valence-electron chi connectivity index (χ0n) is 14.7. The van der Waals surface area contributed by atoms with Gasteiger partial charge in [-0.3, -0.25) is 9.59 Å². The Balaban J connectivity index is 1.83. The highest BCUT2D eigenvalue weighted by molar-refractivity contribution is 7.91. The van der Waals surface area contributed by atoms with E-state index in [2.05, 4.69) is 17.2 Å². The number of hydrogen-bond acceptors (Lipinski definition) is 7. The molecule has 0 fully saturated rings. The molecule has 9 nitrogen and oxygen atoms in total. The van der Waals surface area contributed by atoms with Crippen LogP contribution in [-0.2, 0) is 19.4 Å². The van der Waals surface area contributed by atoms with Gasteiger partial charge in [0.05, 0.1) is 11.2 Å². The summed E-state index contributed by atoms with van der Waals surface area (Å²) in [6.07, 6.45) is 2.75. The zero-order valence-corrected chi connectivity index (χ0v) is 15.5. The number of ether oxygens (including phenoxy) is 2. The molecule has 2 N–H and O–H groups in total. The molecule has 1 aromatic carbocycles. The molecule has 2 aromatic rings. The van der Waals surface area contributed by atoms with Crippen molar-refractivity contribution in [1.29, 1.82) is 0 Å². The van der Waals surface area contributed by atoms with Crippen LogP contribution in [0, 0.1) is 0 Å². The van der Waals surface area contributed by atoms with Crippen LogP contribution in [0.2, 0.25) is 0 Å². The van der Waals surface area contributed by atoms with E-state index >= 15 is 0 Å². The molecular weight excluding hydrogens is 388 g/mol. The van der Waals surface area contributed by atoms with E-state index in [1.54, 1.807) is 0 Å². The van der Waals surface area contributed by atoms with Crippen LogP contribution >= 0.6 is 0 Å². The second-order valence-corrected chi connectivity index (χ2v) is 7.90. The Morgan fingerprint density at radius 2 is 1.89 bits per heavy atom. The molecule has 0 aliphatic carbocycles. The molecule has 28 heavy (non-hydrogen) atoms. The summed E-state index contributed by atoms with van der Waals surface area (Å²) in [5, 5.41) is 3.41. The third-order valence-electron chi connectivity index (χ3n) is 3.97.